The summed E-state index contributed by atoms with van der Waals surface area (Å²) >= 11 is 0. The number of carbonyl (C=O) groups excluding carboxylic acids is 1. The third-order valence-electron chi connectivity index (χ3n) is 4.35. The highest BCUT2D eigenvalue weighted by Crippen LogP contribution is 2.52. The van der Waals surface area contributed by atoms with Crippen molar-refractivity contribution in [3.8, 4) is 0 Å². The average Bonchev–Trinajstić information content (AvgIpc) is 3.11. The number of rotatable bonds is 3. The standard InChI is InChI=1S/C15H28N2O2/c1-14(2,3)19-13(18)17-10-4-7-15(11-17,8-9-16)12-5-6-12/h12H,4-11,16H2,1-3H3. The second-order valence-corrected chi connectivity index (χ2v) is 7.18. The van der Waals surface area contributed by atoms with E-state index in [1.54, 1.807) is 0 Å². The number of nitrogens with two attached hydrogens (primary N) is 1. The zero-order valence-corrected chi connectivity index (χ0v) is 12.6. The van der Waals surface area contributed by atoms with E-state index in [1.807, 2.05) is 25.7 Å². The Morgan fingerprint density at radius 3 is 2.63 bits per heavy atom. The molecule has 0 bridgehead atoms. The van der Waals surface area contributed by atoms with Crippen LogP contribution in [-0.4, -0.2) is 36.2 Å². The van der Waals surface area contributed by atoms with Gasteiger partial charge in [-0.15, -0.1) is 0 Å². The van der Waals surface area contributed by atoms with Gasteiger partial charge in [0, 0.05) is 13.1 Å². The second kappa shape index (κ2) is 5.31. The van der Waals surface area contributed by atoms with E-state index in [1.165, 1.54) is 19.3 Å². The van der Waals surface area contributed by atoms with Gasteiger partial charge in [-0.2, -0.15) is 0 Å². The van der Waals surface area contributed by atoms with Gasteiger partial charge in [0.25, 0.3) is 0 Å². The number of likely N-dealkylation sites (tertiary alicyclic amines) is 1. The number of hydrogen-bond donors (Lipinski definition) is 1. The number of amides is 1. The summed E-state index contributed by atoms with van der Waals surface area (Å²) in [5.41, 5.74) is 5.65. The first-order valence-corrected chi connectivity index (χ1v) is 7.54. The quantitative estimate of drug-likeness (QED) is 0.856. The lowest BCUT2D eigenvalue weighted by Gasteiger charge is -2.43. The van der Waals surface area contributed by atoms with Crippen LogP contribution < -0.4 is 5.73 Å². The molecule has 0 spiro atoms. The van der Waals surface area contributed by atoms with Gasteiger partial charge in [-0.1, -0.05) is 0 Å². The van der Waals surface area contributed by atoms with E-state index in [2.05, 4.69) is 0 Å². The molecule has 1 aliphatic carbocycles. The van der Waals surface area contributed by atoms with E-state index < -0.39 is 5.60 Å². The maximum atomic E-state index is 12.2. The molecule has 4 nitrogen and oxygen atoms in total. The Balaban J connectivity index is 2.01. The molecule has 1 saturated carbocycles. The van der Waals surface area contributed by atoms with Gasteiger partial charge in [-0.05, 0) is 70.8 Å². The summed E-state index contributed by atoms with van der Waals surface area (Å²) in [6.45, 7) is 8.14. The summed E-state index contributed by atoms with van der Waals surface area (Å²) in [6.07, 6.45) is 5.79. The van der Waals surface area contributed by atoms with Gasteiger partial charge < -0.3 is 15.4 Å². The van der Waals surface area contributed by atoms with E-state index in [4.69, 9.17) is 10.5 Å². The van der Waals surface area contributed by atoms with Gasteiger partial charge in [0.2, 0.25) is 0 Å². The Morgan fingerprint density at radius 1 is 1.42 bits per heavy atom. The minimum absolute atomic E-state index is 0.158. The molecule has 110 valence electrons. The highest BCUT2D eigenvalue weighted by Gasteiger charge is 2.47. The first kappa shape index (κ1) is 14.6. The molecular formula is C15H28N2O2. The van der Waals surface area contributed by atoms with Crippen LogP contribution in [0.25, 0.3) is 0 Å². The number of carbonyl (C=O) groups is 1. The Labute approximate surface area is 116 Å². The Hall–Kier alpha value is -0.770. The van der Waals surface area contributed by atoms with E-state index in [9.17, 15) is 4.79 Å². The van der Waals surface area contributed by atoms with Crippen LogP contribution in [0, 0.1) is 11.3 Å². The first-order chi connectivity index (χ1) is 8.86. The predicted molar refractivity (Wildman–Crippen MR) is 75.9 cm³/mol. The summed E-state index contributed by atoms with van der Waals surface area (Å²) in [6, 6.07) is 0. The summed E-state index contributed by atoms with van der Waals surface area (Å²) < 4.78 is 5.50. The van der Waals surface area contributed by atoms with Gasteiger partial charge in [-0.25, -0.2) is 4.79 Å². The van der Waals surface area contributed by atoms with E-state index >= 15 is 0 Å². The Kier molecular flexibility index (Phi) is 4.09. The number of piperidine rings is 1. The van der Waals surface area contributed by atoms with Crippen molar-refractivity contribution in [1.82, 2.24) is 4.90 Å². The fourth-order valence-corrected chi connectivity index (χ4v) is 3.37. The molecule has 1 amide bonds. The van der Waals surface area contributed by atoms with E-state index in [0.717, 1.165) is 38.4 Å². The van der Waals surface area contributed by atoms with Crippen molar-refractivity contribution >= 4 is 6.09 Å². The van der Waals surface area contributed by atoms with Crippen molar-refractivity contribution in [3.63, 3.8) is 0 Å². The van der Waals surface area contributed by atoms with Crippen molar-refractivity contribution in [1.29, 1.82) is 0 Å². The lowest BCUT2D eigenvalue weighted by Crippen LogP contribution is -2.49. The Bertz CT molecular complexity index is 330. The third kappa shape index (κ3) is 3.62. The minimum Gasteiger partial charge on any atom is -0.444 e. The Morgan fingerprint density at radius 2 is 2.11 bits per heavy atom. The molecule has 1 heterocycles. The molecule has 1 unspecified atom stereocenters. The third-order valence-corrected chi connectivity index (χ3v) is 4.35. The van der Waals surface area contributed by atoms with Crippen molar-refractivity contribution in [2.45, 2.75) is 58.5 Å². The lowest BCUT2D eigenvalue weighted by molar-refractivity contribution is -0.00166. The van der Waals surface area contributed by atoms with Crippen LogP contribution in [-0.2, 0) is 4.74 Å². The maximum Gasteiger partial charge on any atom is 0.410 e. The maximum absolute atomic E-state index is 12.2. The average molecular weight is 268 g/mol. The van der Waals surface area contributed by atoms with E-state index in [-0.39, 0.29) is 11.5 Å². The van der Waals surface area contributed by atoms with Crippen molar-refractivity contribution in [2.75, 3.05) is 19.6 Å². The minimum atomic E-state index is -0.412. The molecule has 0 aromatic rings. The largest absolute Gasteiger partial charge is 0.444 e. The molecular weight excluding hydrogens is 240 g/mol. The molecule has 1 atom stereocenters. The van der Waals surface area contributed by atoms with Gasteiger partial charge in [0.15, 0.2) is 0 Å². The van der Waals surface area contributed by atoms with Crippen LogP contribution in [0.2, 0.25) is 0 Å². The monoisotopic (exact) mass is 268 g/mol. The molecule has 2 N–H and O–H groups in total. The van der Waals surface area contributed by atoms with Crippen molar-refractivity contribution in [2.24, 2.45) is 17.1 Å². The van der Waals surface area contributed by atoms with Gasteiger partial charge in [-0.3, -0.25) is 0 Å². The molecule has 1 saturated heterocycles. The number of hydrogen-bond acceptors (Lipinski definition) is 3. The van der Waals surface area contributed by atoms with Gasteiger partial charge in [0.1, 0.15) is 5.60 Å². The molecule has 19 heavy (non-hydrogen) atoms. The van der Waals surface area contributed by atoms with Crippen molar-refractivity contribution in [3.05, 3.63) is 0 Å². The first-order valence-electron chi connectivity index (χ1n) is 7.54. The lowest BCUT2D eigenvalue weighted by atomic mass is 9.73. The topological polar surface area (TPSA) is 55.6 Å². The van der Waals surface area contributed by atoms with Crippen LogP contribution in [0.4, 0.5) is 4.79 Å². The molecule has 4 heteroatoms. The highest BCUT2D eigenvalue weighted by molar-refractivity contribution is 5.68. The summed E-state index contributed by atoms with van der Waals surface area (Å²) in [7, 11) is 0. The number of ether oxygens (including phenoxy) is 1. The summed E-state index contributed by atoms with van der Waals surface area (Å²) in [5, 5.41) is 0. The molecule has 0 radical (unpaired) electrons. The van der Waals surface area contributed by atoms with Crippen LogP contribution in [0.5, 0.6) is 0 Å². The smallest absolute Gasteiger partial charge is 0.410 e. The second-order valence-electron chi connectivity index (χ2n) is 7.18. The zero-order valence-electron chi connectivity index (χ0n) is 12.6. The molecule has 0 aromatic carbocycles. The fraction of sp³-hybridized carbons (Fsp3) is 0.933. The zero-order chi connectivity index (χ0) is 14.1. The van der Waals surface area contributed by atoms with Crippen molar-refractivity contribution < 1.29 is 9.53 Å². The summed E-state index contributed by atoms with van der Waals surface area (Å²) in [5.74, 6) is 0.779. The van der Waals surface area contributed by atoms with Gasteiger partial charge in [0.05, 0.1) is 0 Å². The number of nitrogens with zero attached hydrogens (tertiary/aromatic N) is 1. The summed E-state index contributed by atoms with van der Waals surface area (Å²) in [4.78, 5) is 14.1. The SMILES string of the molecule is CC(C)(C)OC(=O)N1CCCC(CCN)(C2CC2)C1. The van der Waals surface area contributed by atoms with Crippen LogP contribution in [0.1, 0.15) is 52.9 Å². The molecule has 1 aliphatic heterocycles. The van der Waals surface area contributed by atoms with Gasteiger partial charge >= 0.3 is 6.09 Å². The molecule has 0 aromatic heterocycles. The molecule has 2 rings (SSSR count). The fourth-order valence-electron chi connectivity index (χ4n) is 3.37. The van der Waals surface area contributed by atoms with Crippen LogP contribution in [0.3, 0.4) is 0 Å². The normalized spacial score (nSPS) is 28.3. The molecule has 2 aliphatic rings. The predicted octanol–water partition coefficient (Wildman–Crippen LogP) is 2.76. The highest BCUT2D eigenvalue weighted by atomic mass is 16.6. The molecule has 2 fully saturated rings. The van der Waals surface area contributed by atoms with E-state index in [0.29, 0.717) is 0 Å². The van der Waals surface area contributed by atoms with Crippen LogP contribution >= 0.6 is 0 Å². The van der Waals surface area contributed by atoms with Crippen LogP contribution in [0.15, 0.2) is 0 Å².